The van der Waals surface area contributed by atoms with Crippen molar-refractivity contribution in [1.82, 2.24) is 24.7 Å². The molecule has 0 aliphatic carbocycles. The van der Waals surface area contributed by atoms with E-state index in [4.69, 9.17) is 17.3 Å². The highest BCUT2D eigenvalue weighted by molar-refractivity contribution is 7.71. The highest BCUT2D eigenvalue weighted by Crippen LogP contribution is 2.19. The molecule has 0 unspecified atom stereocenters. The fraction of sp³-hybridized carbons (Fsp3) is 0.217. The molecule has 0 fully saturated rings. The van der Waals surface area contributed by atoms with Crippen LogP contribution in [0, 0.1) is 32.5 Å². The summed E-state index contributed by atoms with van der Waals surface area (Å²) in [6.07, 6.45) is 1.81. The van der Waals surface area contributed by atoms with Crippen molar-refractivity contribution in [3.05, 3.63) is 86.9 Å². The molecule has 4 rings (SSSR count). The molecule has 0 bridgehead atoms. The van der Waals surface area contributed by atoms with E-state index in [9.17, 15) is 0 Å². The van der Waals surface area contributed by atoms with Gasteiger partial charge in [0.25, 0.3) is 0 Å². The lowest BCUT2D eigenvalue weighted by molar-refractivity contribution is 0.659. The molecule has 0 saturated heterocycles. The van der Waals surface area contributed by atoms with Crippen molar-refractivity contribution in [1.29, 1.82) is 0 Å². The summed E-state index contributed by atoms with van der Waals surface area (Å²) >= 11 is 5.39. The molecular weight excluding hydrogens is 392 g/mol. The highest BCUT2D eigenvalue weighted by atomic mass is 32.1. The van der Waals surface area contributed by atoms with Gasteiger partial charge < -0.3 is 0 Å². The summed E-state index contributed by atoms with van der Waals surface area (Å²) in [7, 11) is 0. The standard InChI is InChI=1S/C23H24N6S/c1-15-5-9-19(10-6-15)14-28-18(4)21(17(3)27-28)13-24-29-22(25-26-23(29)30)20-11-7-16(2)8-12-20/h5-13H,14H2,1-4H3,(H,26,30)/b24-13+. The Balaban J connectivity index is 1.65. The molecule has 0 aliphatic heterocycles. The lowest BCUT2D eigenvalue weighted by Crippen LogP contribution is -2.04. The Morgan fingerprint density at radius 3 is 2.27 bits per heavy atom. The topological polar surface area (TPSA) is 63.8 Å². The van der Waals surface area contributed by atoms with E-state index >= 15 is 0 Å². The Bertz CT molecular complexity index is 1260. The normalized spacial score (nSPS) is 11.5. The molecule has 2 aromatic heterocycles. The lowest BCUT2D eigenvalue weighted by Gasteiger charge is -2.05. The summed E-state index contributed by atoms with van der Waals surface area (Å²) < 4.78 is 4.11. The number of H-pyrrole nitrogens is 1. The van der Waals surface area contributed by atoms with Crippen molar-refractivity contribution < 1.29 is 0 Å². The molecule has 30 heavy (non-hydrogen) atoms. The fourth-order valence-electron chi connectivity index (χ4n) is 3.32. The first-order valence-electron chi connectivity index (χ1n) is 9.81. The van der Waals surface area contributed by atoms with Crippen LogP contribution in [0.15, 0.2) is 53.6 Å². The molecule has 1 N–H and O–H groups in total. The number of hydrogen-bond donors (Lipinski definition) is 1. The van der Waals surface area contributed by atoms with Gasteiger partial charge in [0.05, 0.1) is 18.5 Å². The first kappa shape index (κ1) is 20.0. The molecule has 0 radical (unpaired) electrons. The third-order valence-corrected chi connectivity index (χ3v) is 5.42. The average Bonchev–Trinajstić information content (AvgIpc) is 3.22. The summed E-state index contributed by atoms with van der Waals surface area (Å²) in [4.78, 5) is 0. The minimum absolute atomic E-state index is 0.448. The van der Waals surface area contributed by atoms with Gasteiger partial charge in [0.2, 0.25) is 4.77 Å². The van der Waals surface area contributed by atoms with E-state index in [-0.39, 0.29) is 0 Å². The minimum atomic E-state index is 0.448. The third-order valence-electron chi connectivity index (χ3n) is 5.15. The highest BCUT2D eigenvalue weighted by Gasteiger charge is 2.12. The zero-order valence-corrected chi connectivity index (χ0v) is 18.4. The number of benzene rings is 2. The Morgan fingerprint density at radius 2 is 1.60 bits per heavy atom. The molecule has 4 aromatic rings. The van der Waals surface area contributed by atoms with Crippen LogP contribution in [0.4, 0.5) is 0 Å². The maximum absolute atomic E-state index is 5.39. The van der Waals surface area contributed by atoms with Crippen LogP contribution in [0.5, 0.6) is 0 Å². The van der Waals surface area contributed by atoms with E-state index in [1.165, 1.54) is 16.7 Å². The molecule has 152 valence electrons. The van der Waals surface area contributed by atoms with Crippen LogP contribution in [0.1, 0.15) is 33.6 Å². The van der Waals surface area contributed by atoms with E-state index in [0.717, 1.165) is 29.1 Å². The minimum Gasteiger partial charge on any atom is -0.265 e. The molecule has 6 nitrogen and oxygen atoms in total. The molecule has 2 heterocycles. The maximum atomic E-state index is 5.39. The molecule has 7 heteroatoms. The number of aromatic amines is 1. The van der Waals surface area contributed by atoms with Crippen LogP contribution in [0.2, 0.25) is 0 Å². The Labute approximate surface area is 180 Å². The summed E-state index contributed by atoms with van der Waals surface area (Å²) in [5.74, 6) is 0.679. The smallest absolute Gasteiger partial charge is 0.216 e. The predicted molar refractivity (Wildman–Crippen MR) is 123 cm³/mol. The van der Waals surface area contributed by atoms with Crippen LogP contribution in [-0.2, 0) is 6.54 Å². The second kappa shape index (κ2) is 8.20. The van der Waals surface area contributed by atoms with E-state index in [2.05, 4.69) is 60.3 Å². The van der Waals surface area contributed by atoms with Gasteiger partial charge in [-0.25, -0.2) is 5.10 Å². The fourth-order valence-corrected chi connectivity index (χ4v) is 3.50. The summed E-state index contributed by atoms with van der Waals surface area (Å²) in [6, 6.07) is 16.6. The second-order valence-corrected chi connectivity index (χ2v) is 7.89. The van der Waals surface area contributed by atoms with Gasteiger partial charge in [0.1, 0.15) is 0 Å². The van der Waals surface area contributed by atoms with Gasteiger partial charge in [-0.05, 0) is 45.5 Å². The predicted octanol–water partition coefficient (Wildman–Crippen LogP) is 4.97. The van der Waals surface area contributed by atoms with Gasteiger partial charge in [-0.15, -0.1) is 0 Å². The first-order valence-corrected chi connectivity index (χ1v) is 10.2. The Morgan fingerprint density at radius 1 is 0.967 bits per heavy atom. The molecule has 2 aromatic carbocycles. The van der Waals surface area contributed by atoms with E-state index in [1.54, 1.807) is 4.68 Å². The zero-order chi connectivity index (χ0) is 21.3. The van der Waals surface area contributed by atoms with Crippen LogP contribution in [0.25, 0.3) is 11.4 Å². The van der Waals surface area contributed by atoms with Crippen molar-refractivity contribution in [2.45, 2.75) is 34.2 Å². The molecule has 0 aliphatic rings. The van der Waals surface area contributed by atoms with E-state index in [0.29, 0.717) is 10.6 Å². The van der Waals surface area contributed by atoms with Gasteiger partial charge in [-0.3, -0.25) is 4.68 Å². The largest absolute Gasteiger partial charge is 0.265 e. The first-order chi connectivity index (χ1) is 14.4. The maximum Gasteiger partial charge on any atom is 0.216 e. The van der Waals surface area contributed by atoms with Crippen molar-refractivity contribution in [2.24, 2.45) is 5.10 Å². The van der Waals surface area contributed by atoms with Gasteiger partial charge in [-0.1, -0.05) is 59.7 Å². The molecule has 0 spiro atoms. The Hall–Kier alpha value is -3.32. The quantitative estimate of drug-likeness (QED) is 0.369. The van der Waals surface area contributed by atoms with Crippen molar-refractivity contribution in [2.75, 3.05) is 0 Å². The molecular formula is C23H24N6S. The number of nitrogens with zero attached hydrogens (tertiary/aromatic N) is 5. The van der Waals surface area contributed by atoms with Crippen molar-refractivity contribution in [3.63, 3.8) is 0 Å². The number of nitrogens with one attached hydrogen (secondary N) is 1. The molecule has 0 saturated carbocycles. The Kier molecular flexibility index (Phi) is 5.46. The van der Waals surface area contributed by atoms with Gasteiger partial charge in [-0.2, -0.15) is 20.0 Å². The monoisotopic (exact) mass is 416 g/mol. The van der Waals surface area contributed by atoms with Gasteiger partial charge in [0.15, 0.2) is 5.82 Å². The lowest BCUT2D eigenvalue weighted by atomic mass is 10.1. The SMILES string of the molecule is Cc1ccc(Cn2nc(C)c(/C=N/n3c(-c4ccc(C)cc4)n[nH]c3=S)c2C)cc1. The van der Waals surface area contributed by atoms with Crippen LogP contribution < -0.4 is 0 Å². The van der Waals surface area contributed by atoms with Gasteiger partial charge >= 0.3 is 0 Å². The number of aryl methyl sites for hydroxylation is 3. The average molecular weight is 417 g/mol. The van der Waals surface area contributed by atoms with Crippen LogP contribution >= 0.6 is 12.2 Å². The van der Waals surface area contributed by atoms with Crippen molar-refractivity contribution in [3.8, 4) is 11.4 Å². The summed E-state index contributed by atoms with van der Waals surface area (Å²) in [6.45, 7) is 8.92. The third kappa shape index (κ3) is 4.02. The molecule has 0 amide bonds. The van der Waals surface area contributed by atoms with E-state index < -0.39 is 0 Å². The number of rotatable bonds is 5. The number of aromatic nitrogens is 5. The van der Waals surface area contributed by atoms with Gasteiger partial charge in [0, 0.05) is 16.8 Å². The van der Waals surface area contributed by atoms with Crippen LogP contribution in [-0.4, -0.2) is 30.9 Å². The summed E-state index contributed by atoms with van der Waals surface area (Å²) in [5.41, 5.74) is 7.58. The van der Waals surface area contributed by atoms with E-state index in [1.807, 2.05) is 42.1 Å². The second-order valence-electron chi connectivity index (χ2n) is 7.50. The summed E-state index contributed by atoms with van der Waals surface area (Å²) in [5, 5.41) is 16.5. The molecule has 0 atom stereocenters. The zero-order valence-electron chi connectivity index (χ0n) is 17.5. The number of hydrogen-bond acceptors (Lipinski definition) is 4. The van der Waals surface area contributed by atoms with Crippen LogP contribution in [0.3, 0.4) is 0 Å². The van der Waals surface area contributed by atoms with Crippen molar-refractivity contribution >= 4 is 18.4 Å².